The van der Waals surface area contributed by atoms with E-state index in [0.29, 0.717) is 47.3 Å². The SMILES string of the molecule is CC(C)c1ccccc1[C@@H]1CCCN1C1CC2(CCN(c3ccc(C(=O)NS(=O)(=O)c4cnc(NCC5CCC(C)(C)CC5)c([N+](=O)[O-])c4)c(Oc4cnc5[nH]ccc5c4)c3)CC2)C1. The van der Waals surface area contributed by atoms with Crippen molar-refractivity contribution >= 4 is 44.2 Å². The van der Waals surface area contributed by atoms with Crippen LogP contribution in [0, 0.1) is 26.9 Å². The van der Waals surface area contributed by atoms with Crippen LogP contribution in [0.2, 0.25) is 0 Å². The minimum Gasteiger partial charge on any atom is -0.455 e. The molecule has 0 bridgehead atoms. The number of H-pyrrole nitrogens is 1. The molecule has 2 saturated carbocycles. The molecular weight excluding hydrogens is 829 g/mol. The largest absolute Gasteiger partial charge is 0.455 e. The van der Waals surface area contributed by atoms with Gasteiger partial charge in [0.05, 0.1) is 22.9 Å². The van der Waals surface area contributed by atoms with E-state index >= 15 is 0 Å². The molecule has 2 aromatic carbocycles. The molecule has 0 unspecified atom stereocenters. The Morgan fingerprint density at radius 3 is 2.48 bits per heavy atom. The summed E-state index contributed by atoms with van der Waals surface area (Å²) >= 11 is 0. The Hall–Kier alpha value is -5.54. The third-order valence-electron chi connectivity index (χ3n) is 14.7. The number of nitrogens with zero attached hydrogens (tertiary/aromatic N) is 5. The van der Waals surface area contributed by atoms with Gasteiger partial charge < -0.3 is 19.9 Å². The first-order valence-corrected chi connectivity index (χ1v) is 24.4. The first-order chi connectivity index (χ1) is 30.7. The Morgan fingerprint density at radius 2 is 1.73 bits per heavy atom. The van der Waals surface area contributed by atoms with Crippen molar-refractivity contribution < 1.29 is 22.9 Å². The quantitative estimate of drug-likeness (QED) is 0.0758. The van der Waals surface area contributed by atoms with Crippen LogP contribution in [0.5, 0.6) is 11.5 Å². The van der Waals surface area contributed by atoms with Crippen molar-refractivity contribution in [3.63, 3.8) is 0 Å². The minimum atomic E-state index is -4.60. The van der Waals surface area contributed by atoms with Crippen LogP contribution in [0.25, 0.3) is 11.0 Å². The highest BCUT2D eigenvalue weighted by Crippen LogP contribution is 2.54. The van der Waals surface area contributed by atoms with Gasteiger partial charge in [-0.2, -0.15) is 0 Å². The second-order valence-electron chi connectivity index (χ2n) is 19.8. The van der Waals surface area contributed by atoms with Crippen LogP contribution in [0.15, 0.2) is 84.1 Å². The fourth-order valence-corrected chi connectivity index (χ4v) is 11.7. The number of fused-ring (bicyclic) bond motifs is 1. The number of anilines is 2. The van der Waals surface area contributed by atoms with E-state index in [1.54, 1.807) is 30.6 Å². The lowest BCUT2D eigenvalue weighted by Crippen LogP contribution is -2.54. The lowest BCUT2D eigenvalue weighted by Gasteiger charge is -2.56. The number of rotatable bonds is 13. The Morgan fingerprint density at radius 1 is 0.969 bits per heavy atom. The molecule has 1 atom stereocenters. The number of aromatic amines is 1. The monoisotopic (exact) mass is 888 g/mol. The first kappa shape index (κ1) is 43.7. The van der Waals surface area contributed by atoms with Crippen molar-refractivity contribution in [1.82, 2.24) is 24.6 Å². The second kappa shape index (κ2) is 17.4. The maximum Gasteiger partial charge on any atom is 0.312 e. The number of nitro groups is 1. The lowest BCUT2D eigenvalue weighted by atomic mass is 9.59. The number of carbonyl (C=O) groups is 1. The zero-order valence-electron chi connectivity index (χ0n) is 37.3. The highest BCUT2D eigenvalue weighted by molar-refractivity contribution is 7.90. The number of likely N-dealkylation sites (tertiary alicyclic amines) is 1. The normalized spacial score (nSPS) is 20.4. The van der Waals surface area contributed by atoms with E-state index in [-0.39, 0.29) is 22.5 Å². The maximum atomic E-state index is 14.0. The summed E-state index contributed by atoms with van der Waals surface area (Å²) in [7, 11) is -4.60. The number of hydrogen-bond donors (Lipinski definition) is 3. The zero-order chi connectivity index (χ0) is 44.8. The number of pyridine rings is 2. The summed E-state index contributed by atoms with van der Waals surface area (Å²) in [6.45, 7) is 12.4. The van der Waals surface area contributed by atoms with E-state index in [0.717, 1.165) is 81.5 Å². The molecule has 5 heterocycles. The molecule has 0 radical (unpaired) electrons. The summed E-state index contributed by atoms with van der Waals surface area (Å²) in [5.74, 6) is 0.392. The van der Waals surface area contributed by atoms with Gasteiger partial charge in [-0.15, -0.1) is 0 Å². The molecule has 1 spiro atoms. The van der Waals surface area contributed by atoms with Gasteiger partial charge >= 0.3 is 5.69 Å². The molecule has 3 aromatic heterocycles. The molecule has 4 fully saturated rings. The maximum absolute atomic E-state index is 14.0. The first-order valence-electron chi connectivity index (χ1n) is 23.0. The number of nitrogens with one attached hydrogen (secondary N) is 3. The van der Waals surface area contributed by atoms with Crippen molar-refractivity contribution in [3.05, 3.63) is 106 Å². The van der Waals surface area contributed by atoms with Crippen molar-refractivity contribution in [2.24, 2.45) is 16.7 Å². The highest BCUT2D eigenvalue weighted by Gasteiger charge is 2.50. The molecule has 2 saturated heterocycles. The Kier molecular flexibility index (Phi) is 11.9. The third-order valence-corrected chi connectivity index (χ3v) is 16.0. The van der Waals surface area contributed by atoms with E-state index in [1.807, 2.05) is 12.1 Å². The van der Waals surface area contributed by atoms with Gasteiger partial charge in [0.15, 0.2) is 0 Å². The number of carbonyl (C=O) groups excluding carboxylic acids is 1. The molecule has 338 valence electrons. The molecule has 9 rings (SSSR count). The summed E-state index contributed by atoms with van der Waals surface area (Å²) in [4.78, 5) is 41.7. The Labute approximate surface area is 375 Å². The average molecular weight is 889 g/mol. The molecule has 15 heteroatoms. The molecule has 1 amide bonds. The van der Waals surface area contributed by atoms with E-state index in [4.69, 9.17) is 4.74 Å². The summed E-state index contributed by atoms with van der Waals surface area (Å²) in [6, 6.07) is 19.8. The summed E-state index contributed by atoms with van der Waals surface area (Å²) in [6.07, 6.45) is 15.4. The summed E-state index contributed by atoms with van der Waals surface area (Å²) in [5, 5.41) is 16.0. The summed E-state index contributed by atoms with van der Waals surface area (Å²) in [5.41, 5.74) is 4.58. The molecule has 5 aromatic rings. The number of benzene rings is 2. The van der Waals surface area contributed by atoms with E-state index in [1.165, 1.54) is 36.8 Å². The van der Waals surface area contributed by atoms with Crippen LogP contribution in [-0.2, 0) is 10.0 Å². The van der Waals surface area contributed by atoms with Crippen LogP contribution < -0.4 is 19.7 Å². The number of piperidine rings is 1. The Bertz CT molecular complexity index is 2640. The highest BCUT2D eigenvalue weighted by atomic mass is 32.2. The number of ether oxygens (including phenoxy) is 1. The second-order valence-corrected chi connectivity index (χ2v) is 21.5. The third kappa shape index (κ3) is 9.06. The number of sulfonamides is 1. The van der Waals surface area contributed by atoms with Gasteiger partial charge in [0, 0.05) is 61.1 Å². The molecule has 2 aliphatic heterocycles. The van der Waals surface area contributed by atoms with Gasteiger partial charge in [-0.3, -0.25) is 19.8 Å². The zero-order valence-corrected chi connectivity index (χ0v) is 38.1. The van der Waals surface area contributed by atoms with Crippen LogP contribution in [-0.4, -0.2) is 71.3 Å². The van der Waals surface area contributed by atoms with Crippen LogP contribution in [0.3, 0.4) is 0 Å². The van der Waals surface area contributed by atoms with Crippen molar-refractivity contribution in [2.75, 3.05) is 36.4 Å². The van der Waals surface area contributed by atoms with E-state index in [9.17, 15) is 23.3 Å². The van der Waals surface area contributed by atoms with E-state index in [2.05, 4.69) is 86.8 Å². The molecule has 2 aliphatic carbocycles. The summed E-state index contributed by atoms with van der Waals surface area (Å²) < 4.78 is 35.9. The van der Waals surface area contributed by atoms with E-state index < -0.39 is 31.4 Å². The molecule has 4 aliphatic rings. The number of aromatic nitrogens is 3. The van der Waals surface area contributed by atoms with Gasteiger partial charge in [0.25, 0.3) is 15.9 Å². The fraction of sp³-hybridized carbons (Fsp3) is 0.490. The van der Waals surface area contributed by atoms with Crippen LogP contribution in [0.1, 0.15) is 125 Å². The van der Waals surface area contributed by atoms with Crippen LogP contribution in [0.4, 0.5) is 17.2 Å². The Balaban J connectivity index is 0.895. The molecular formula is C49H60N8O6S. The standard InChI is InChI=1S/C49H60N8O6S/c1-32(2)39-8-5-6-9-40(39)42-10-7-21-56(42)36-27-49(28-36)18-22-55(23-19-49)35-11-12-41(44(25-35)63-37-24-34-15-20-50-45(34)52-30-37)47(58)54-64(61,62)38-26-43(57(59)60)46(53-31-38)51-29-33-13-16-48(3,4)17-14-33/h5-6,8-9,11-12,15,20,24-26,30-33,36,42H,7,10,13-14,16-19,21-23,27-29H2,1-4H3,(H,50,52)(H,51,53)(H,54,58)/t42-/m0/s1. The van der Waals surface area contributed by atoms with Gasteiger partial charge in [-0.25, -0.2) is 23.1 Å². The molecule has 3 N–H and O–H groups in total. The number of amides is 1. The van der Waals surface area contributed by atoms with Crippen LogP contribution >= 0.6 is 0 Å². The average Bonchev–Trinajstić information content (AvgIpc) is 3.95. The fourth-order valence-electron chi connectivity index (χ4n) is 10.8. The van der Waals surface area contributed by atoms with Gasteiger partial charge in [-0.1, -0.05) is 52.0 Å². The predicted octanol–water partition coefficient (Wildman–Crippen LogP) is 10.1. The smallest absolute Gasteiger partial charge is 0.312 e. The van der Waals surface area contributed by atoms with Crippen molar-refractivity contribution in [3.8, 4) is 11.5 Å². The molecule has 14 nitrogen and oxygen atoms in total. The molecule has 64 heavy (non-hydrogen) atoms. The van der Waals surface area contributed by atoms with Crippen molar-refractivity contribution in [2.45, 2.75) is 115 Å². The van der Waals surface area contributed by atoms with Gasteiger partial charge in [0.1, 0.15) is 22.0 Å². The lowest BCUT2D eigenvalue weighted by molar-refractivity contribution is -0.384. The minimum absolute atomic E-state index is 0.0105. The van der Waals surface area contributed by atoms with Gasteiger partial charge in [-0.05, 0) is 129 Å². The van der Waals surface area contributed by atoms with Crippen molar-refractivity contribution in [1.29, 1.82) is 0 Å². The predicted molar refractivity (Wildman–Crippen MR) is 248 cm³/mol. The topological polar surface area (TPSA) is 176 Å². The van der Waals surface area contributed by atoms with Gasteiger partial charge in [0.2, 0.25) is 5.82 Å². The number of hydrogen-bond acceptors (Lipinski definition) is 11.